The maximum absolute atomic E-state index is 6.59. The van der Waals surface area contributed by atoms with Gasteiger partial charge >= 0.3 is 0 Å². The first-order valence-electron chi connectivity index (χ1n) is 16.6. The Kier molecular flexibility index (Phi) is 6.98. The Morgan fingerprint density at radius 2 is 1.07 bits per heavy atom. The largest absolute Gasteiger partial charge is 0.488 e. The van der Waals surface area contributed by atoms with Crippen LogP contribution in [0.15, 0.2) is 48.6 Å². The van der Waals surface area contributed by atoms with Crippen LogP contribution in [0.1, 0.15) is 67.5 Å². The third-order valence-electron chi connectivity index (χ3n) is 13.3. The van der Waals surface area contributed by atoms with E-state index in [0.29, 0.717) is 48.0 Å². The zero-order valence-electron chi connectivity index (χ0n) is 26.6. The number of rotatable bonds is 0. The SMILES string of the molecule is C.Cc1ccc2c3c1O[C@H]1[C@@H](C)C=CC4[C@@H](C2)N(C)CC[C@@]341.Cc1ccc2c3c1O[C@H]1[C@@H](C)C=CC4[C@@H](C2)N(C)CC[C@@]341.Cl. The molecule has 0 aromatic heterocycles. The van der Waals surface area contributed by atoms with Crippen molar-refractivity contribution >= 4 is 12.4 Å². The van der Waals surface area contributed by atoms with Gasteiger partial charge in [0, 0.05) is 57.7 Å². The van der Waals surface area contributed by atoms with E-state index in [1.54, 1.807) is 22.3 Å². The summed E-state index contributed by atoms with van der Waals surface area (Å²) in [5.74, 6) is 4.74. The molecule has 4 heterocycles. The summed E-state index contributed by atoms with van der Waals surface area (Å²) in [6.45, 7) is 11.5. The quantitative estimate of drug-likeness (QED) is 0.293. The highest BCUT2D eigenvalue weighted by atomic mass is 35.5. The van der Waals surface area contributed by atoms with Crippen molar-refractivity contribution in [1.82, 2.24) is 9.80 Å². The van der Waals surface area contributed by atoms with Gasteiger partial charge < -0.3 is 19.3 Å². The lowest BCUT2D eigenvalue weighted by Gasteiger charge is -2.56. The average molecular weight is 615 g/mol. The van der Waals surface area contributed by atoms with Gasteiger partial charge in [-0.2, -0.15) is 0 Å². The molecule has 44 heavy (non-hydrogen) atoms. The Labute approximate surface area is 271 Å². The van der Waals surface area contributed by atoms with Crippen LogP contribution in [-0.4, -0.2) is 61.3 Å². The van der Waals surface area contributed by atoms with Crippen LogP contribution < -0.4 is 9.47 Å². The number of piperidine rings is 2. The van der Waals surface area contributed by atoms with Crippen LogP contribution in [0, 0.1) is 37.5 Å². The zero-order chi connectivity index (χ0) is 28.7. The summed E-state index contributed by atoms with van der Waals surface area (Å²) >= 11 is 0. The number of aryl methyl sites for hydroxylation is 2. The van der Waals surface area contributed by atoms with Gasteiger partial charge in [-0.1, -0.05) is 69.8 Å². The smallest absolute Gasteiger partial charge is 0.126 e. The number of nitrogens with zero attached hydrogens (tertiary/aromatic N) is 2. The van der Waals surface area contributed by atoms with Crippen LogP contribution in [0.2, 0.25) is 0 Å². The fourth-order valence-corrected chi connectivity index (χ4v) is 11.3. The van der Waals surface area contributed by atoms with Crippen molar-refractivity contribution in [2.75, 3.05) is 27.2 Å². The fourth-order valence-electron chi connectivity index (χ4n) is 11.3. The highest BCUT2D eigenvalue weighted by Gasteiger charge is 2.64. The molecule has 2 unspecified atom stereocenters. The van der Waals surface area contributed by atoms with Gasteiger partial charge in [0.2, 0.25) is 0 Å². The first-order valence-corrected chi connectivity index (χ1v) is 16.6. The van der Waals surface area contributed by atoms with Crippen molar-refractivity contribution in [3.63, 3.8) is 0 Å². The number of likely N-dealkylation sites (tertiary alicyclic amines) is 2. The van der Waals surface area contributed by atoms with E-state index in [4.69, 9.17) is 9.47 Å². The summed E-state index contributed by atoms with van der Waals surface area (Å²) in [6.07, 6.45) is 15.4. The van der Waals surface area contributed by atoms with Crippen molar-refractivity contribution in [1.29, 1.82) is 0 Å². The number of ether oxygens (including phenoxy) is 2. The highest BCUT2D eigenvalue weighted by molar-refractivity contribution is 5.85. The van der Waals surface area contributed by atoms with Crippen molar-refractivity contribution in [3.05, 3.63) is 82.0 Å². The van der Waals surface area contributed by atoms with E-state index in [0.717, 1.165) is 0 Å². The Hall–Kier alpha value is -2.27. The van der Waals surface area contributed by atoms with Crippen molar-refractivity contribution in [3.8, 4) is 11.5 Å². The molecular formula is C39H51ClN2O2. The Morgan fingerprint density at radius 1 is 0.659 bits per heavy atom. The Balaban J connectivity index is 0.000000136. The predicted molar refractivity (Wildman–Crippen MR) is 182 cm³/mol. The van der Waals surface area contributed by atoms with E-state index in [-0.39, 0.29) is 30.7 Å². The fraction of sp³-hybridized carbons (Fsp3) is 0.590. The standard InChI is InChI=1S/2C19H23NO.CH4.ClH/c2*1-11-4-6-13-10-15-14-7-5-12(2)18-19(14,8-9-20(15)3)16(13)17(11)21-18;;/h2*4-7,12,14-15,18H,8-10H2,1-3H3;1H4;1H/t2*12-,14?,15+,18-,19-;;/m00../s1. The summed E-state index contributed by atoms with van der Waals surface area (Å²) in [5, 5.41) is 0. The minimum atomic E-state index is 0. The molecule has 236 valence electrons. The van der Waals surface area contributed by atoms with E-state index < -0.39 is 0 Å². The zero-order valence-corrected chi connectivity index (χ0v) is 27.4. The van der Waals surface area contributed by atoms with Gasteiger partial charge in [0.05, 0.1) is 0 Å². The molecule has 4 aliphatic carbocycles. The van der Waals surface area contributed by atoms with Gasteiger partial charge in [-0.3, -0.25) is 0 Å². The van der Waals surface area contributed by atoms with Gasteiger partial charge in [-0.25, -0.2) is 0 Å². The van der Waals surface area contributed by atoms with Crippen molar-refractivity contribution < 1.29 is 9.47 Å². The molecule has 2 saturated heterocycles. The van der Waals surface area contributed by atoms with Crippen LogP contribution in [0.3, 0.4) is 0 Å². The van der Waals surface area contributed by atoms with Gasteiger partial charge in [0.15, 0.2) is 0 Å². The number of hydrogen-bond donors (Lipinski definition) is 0. The molecule has 4 nitrogen and oxygen atoms in total. The molecule has 0 N–H and O–H groups in total. The molecular weight excluding hydrogens is 564 g/mol. The average Bonchev–Trinajstić information content (AvgIpc) is 3.52. The molecule has 10 rings (SSSR count). The first kappa shape index (κ1) is 30.4. The van der Waals surface area contributed by atoms with E-state index >= 15 is 0 Å². The Morgan fingerprint density at radius 3 is 1.48 bits per heavy atom. The summed E-state index contributed by atoms with van der Waals surface area (Å²) < 4.78 is 13.2. The molecule has 2 fully saturated rings. The molecule has 2 aromatic carbocycles. The number of likely N-dealkylation sites (N-methyl/N-ethyl adjacent to an activating group) is 2. The lowest BCUT2D eigenvalue weighted by Crippen LogP contribution is -2.63. The monoisotopic (exact) mass is 614 g/mol. The molecule has 0 amide bonds. The number of benzene rings is 2. The maximum Gasteiger partial charge on any atom is 0.126 e. The molecule has 4 aliphatic heterocycles. The predicted octanol–water partition coefficient (Wildman–Crippen LogP) is 7.21. The van der Waals surface area contributed by atoms with Crippen molar-refractivity contribution in [2.24, 2.45) is 23.7 Å². The van der Waals surface area contributed by atoms with Crippen LogP contribution in [-0.2, 0) is 23.7 Å². The van der Waals surface area contributed by atoms with Gasteiger partial charge in [0.25, 0.3) is 0 Å². The minimum absolute atomic E-state index is 0. The second-order valence-corrected chi connectivity index (χ2v) is 15.2. The van der Waals surface area contributed by atoms with Crippen LogP contribution >= 0.6 is 12.4 Å². The normalized spacial score (nSPS) is 40.7. The topological polar surface area (TPSA) is 24.9 Å². The molecule has 10 atom stereocenters. The van der Waals surface area contributed by atoms with Gasteiger partial charge in [-0.05, 0) is 89.0 Å². The van der Waals surface area contributed by atoms with Crippen LogP contribution in [0.4, 0.5) is 0 Å². The molecule has 2 spiro atoms. The second-order valence-electron chi connectivity index (χ2n) is 15.2. The van der Waals surface area contributed by atoms with Crippen LogP contribution in [0.25, 0.3) is 0 Å². The highest BCUT2D eigenvalue weighted by Crippen LogP contribution is 2.63. The summed E-state index contributed by atoms with van der Waals surface area (Å²) in [7, 11) is 4.60. The Bertz CT molecular complexity index is 1450. The molecule has 4 bridgehead atoms. The minimum Gasteiger partial charge on any atom is -0.488 e. The van der Waals surface area contributed by atoms with Gasteiger partial charge in [0.1, 0.15) is 23.7 Å². The van der Waals surface area contributed by atoms with E-state index in [9.17, 15) is 0 Å². The van der Waals surface area contributed by atoms with E-state index in [1.807, 2.05) is 0 Å². The molecule has 0 saturated carbocycles. The lowest BCUT2D eigenvalue weighted by atomic mass is 9.52. The van der Waals surface area contributed by atoms with Crippen molar-refractivity contribution in [2.45, 2.75) is 95.9 Å². The third kappa shape index (κ3) is 3.54. The molecule has 2 aromatic rings. The molecule has 5 heteroatoms. The third-order valence-corrected chi connectivity index (χ3v) is 13.3. The maximum atomic E-state index is 6.59. The summed E-state index contributed by atoms with van der Waals surface area (Å²) in [4.78, 5) is 5.15. The summed E-state index contributed by atoms with van der Waals surface area (Å²) in [6, 6.07) is 10.6. The number of hydrogen-bond acceptors (Lipinski definition) is 4. The second kappa shape index (κ2) is 10.1. The van der Waals surface area contributed by atoms with Crippen LogP contribution in [0.5, 0.6) is 11.5 Å². The van der Waals surface area contributed by atoms with E-state index in [2.05, 4.69) is 100 Å². The lowest BCUT2D eigenvalue weighted by molar-refractivity contribution is -0.0142. The molecule has 0 radical (unpaired) electrons. The van der Waals surface area contributed by atoms with Gasteiger partial charge in [-0.15, -0.1) is 12.4 Å². The summed E-state index contributed by atoms with van der Waals surface area (Å²) in [5.41, 5.74) is 9.40. The first-order chi connectivity index (χ1) is 20.3. The number of halogens is 1. The molecule has 8 aliphatic rings. The van der Waals surface area contributed by atoms with E-state index in [1.165, 1.54) is 61.4 Å².